The summed E-state index contributed by atoms with van der Waals surface area (Å²) in [5.74, 6) is 0. The zero-order valence-corrected chi connectivity index (χ0v) is 12.9. The lowest BCUT2D eigenvalue weighted by Gasteiger charge is -2.17. The highest BCUT2D eigenvalue weighted by Gasteiger charge is 2.19. The van der Waals surface area contributed by atoms with Gasteiger partial charge < -0.3 is 0 Å². The van der Waals surface area contributed by atoms with Crippen molar-refractivity contribution in [1.82, 2.24) is 4.72 Å². The van der Waals surface area contributed by atoms with Gasteiger partial charge in [0.15, 0.2) is 0 Å². The van der Waals surface area contributed by atoms with E-state index in [0.717, 1.165) is 4.88 Å². The summed E-state index contributed by atoms with van der Waals surface area (Å²) in [6.07, 6.45) is 1.40. The molecule has 2 N–H and O–H groups in total. The summed E-state index contributed by atoms with van der Waals surface area (Å²) in [6.45, 7) is 6.18. The predicted molar refractivity (Wildman–Crippen MR) is 74.1 cm³/mol. The summed E-state index contributed by atoms with van der Waals surface area (Å²) in [5.41, 5.74) is 0. The lowest BCUT2D eigenvalue weighted by atomic mass is 10.3. The molecule has 2 unspecified atom stereocenters. The molecule has 98 valence electrons. The molecule has 0 aliphatic carbocycles. The average molecular weight is 294 g/mol. The Labute approximate surface area is 109 Å². The van der Waals surface area contributed by atoms with Crippen LogP contribution in [0.2, 0.25) is 0 Å². The molecule has 0 fully saturated rings. The first kappa shape index (κ1) is 14.8. The standard InChI is InChI=1S/C10H18N2O2S3/c1-10(2,3)16(13)12-6-8-5-9(7-15-8)17(4,11)14/h5,7,11-12H,6H2,1-4H3. The van der Waals surface area contributed by atoms with Crippen molar-refractivity contribution in [3.63, 3.8) is 0 Å². The normalized spacial score (nSPS) is 17.6. The summed E-state index contributed by atoms with van der Waals surface area (Å²) in [5, 5.41) is 1.73. The van der Waals surface area contributed by atoms with Gasteiger partial charge in [0.05, 0.1) is 30.4 Å². The van der Waals surface area contributed by atoms with E-state index in [1.54, 1.807) is 11.4 Å². The first-order valence-corrected chi connectivity index (χ1v) is 9.07. The number of rotatable bonds is 4. The Morgan fingerprint density at radius 2 is 2.12 bits per heavy atom. The van der Waals surface area contributed by atoms with Gasteiger partial charge in [0.2, 0.25) is 0 Å². The average Bonchev–Trinajstić information content (AvgIpc) is 2.59. The van der Waals surface area contributed by atoms with Gasteiger partial charge in [-0.3, -0.25) is 0 Å². The third-order valence-electron chi connectivity index (χ3n) is 2.01. The van der Waals surface area contributed by atoms with Gasteiger partial charge in [-0.25, -0.2) is 17.9 Å². The van der Waals surface area contributed by atoms with Crippen LogP contribution in [-0.2, 0) is 27.3 Å². The monoisotopic (exact) mass is 294 g/mol. The topological polar surface area (TPSA) is 70.0 Å². The zero-order valence-electron chi connectivity index (χ0n) is 10.4. The molecule has 0 aliphatic heterocycles. The van der Waals surface area contributed by atoms with Crippen molar-refractivity contribution >= 4 is 32.1 Å². The molecule has 1 aromatic rings. The fraction of sp³-hybridized carbons (Fsp3) is 0.600. The van der Waals surface area contributed by atoms with Crippen LogP contribution in [-0.4, -0.2) is 19.4 Å². The van der Waals surface area contributed by atoms with E-state index < -0.39 is 20.7 Å². The van der Waals surface area contributed by atoms with Gasteiger partial charge in [-0.05, 0) is 26.8 Å². The summed E-state index contributed by atoms with van der Waals surface area (Å²) in [4.78, 5) is 1.49. The number of thiophene rings is 1. The summed E-state index contributed by atoms with van der Waals surface area (Å²) in [7, 11) is -3.75. The Balaban J connectivity index is 2.66. The van der Waals surface area contributed by atoms with Crippen LogP contribution in [0, 0.1) is 4.78 Å². The quantitative estimate of drug-likeness (QED) is 0.895. The Morgan fingerprint density at radius 3 is 2.53 bits per heavy atom. The van der Waals surface area contributed by atoms with E-state index >= 15 is 0 Å². The molecule has 0 aromatic carbocycles. The zero-order chi connectivity index (χ0) is 13.3. The van der Waals surface area contributed by atoms with Crippen LogP contribution in [0.25, 0.3) is 0 Å². The molecule has 4 nitrogen and oxygen atoms in total. The van der Waals surface area contributed by atoms with E-state index in [9.17, 15) is 8.42 Å². The number of hydrogen-bond acceptors (Lipinski definition) is 4. The molecule has 7 heteroatoms. The number of hydrogen-bond donors (Lipinski definition) is 2. The molecular weight excluding hydrogens is 276 g/mol. The van der Waals surface area contributed by atoms with Gasteiger partial charge in [-0.2, -0.15) is 0 Å². The second-order valence-electron chi connectivity index (χ2n) is 4.79. The molecule has 17 heavy (non-hydrogen) atoms. The summed E-state index contributed by atoms with van der Waals surface area (Å²) in [6, 6.07) is 1.74. The highest BCUT2D eigenvalue weighted by Crippen LogP contribution is 2.20. The highest BCUT2D eigenvalue weighted by atomic mass is 32.2. The SMILES string of the molecule is CC(C)(C)S(=O)NCc1cc(S(C)(=N)=O)cs1. The van der Waals surface area contributed by atoms with Crippen LogP contribution in [0.1, 0.15) is 25.6 Å². The summed E-state index contributed by atoms with van der Waals surface area (Å²) >= 11 is 1.43. The van der Waals surface area contributed by atoms with Gasteiger partial charge in [-0.1, -0.05) is 0 Å². The van der Waals surface area contributed by atoms with Crippen molar-refractivity contribution in [1.29, 1.82) is 4.78 Å². The fourth-order valence-electron chi connectivity index (χ4n) is 1.01. The highest BCUT2D eigenvalue weighted by molar-refractivity contribution is 7.91. The van der Waals surface area contributed by atoms with Crippen molar-refractivity contribution in [3.8, 4) is 0 Å². The number of nitrogens with one attached hydrogen (secondary N) is 2. The van der Waals surface area contributed by atoms with Crippen LogP contribution < -0.4 is 4.72 Å². The third kappa shape index (κ3) is 4.50. The molecule has 0 amide bonds. The first-order chi connectivity index (χ1) is 7.60. The van der Waals surface area contributed by atoms with E-state index in [2.05, 4.69) is 4.72 Å². The van der Waals surface area contributed by atoms with Gasteiger partial charge >= 0.3 is 0 Å². The molecule has 2 atom stereocenters. The van der Waals surface area contributed by atoms with Crippen molar-refractivity contribution in [2.45, 2.75) is 37.0 Å². The molecule has 0 saturated heterocycles. The Kier molecular flexibility index (Phi) is 4.51. The van der Waals surface area contributed by atoms with Crippen LogP contribution >= 0.6 is 11.3 Å². The van der Waals surface area contributed by atoms with Crippen LogP contribution in [0.3, 0.4) is 0 Å². The van der Waals surface area contributed by atoms with Gasteiger partial charge in [-0.15, -0.1) is 11.3 Å². The molecule has 1 heterocycles. The lowest BCUT2D eigenvalue weighted by molar-refractivity contribution is 0.635. The largest absolute Gasteiger partial charge is 0.249 e. The van der Waals surface area contributed by atoms with Crippen LogP contribution in [0.4, 0.5) is 0 Å². The Bertz CT molecular complexity index is 512. The molecule has 0 saturated carbocycles. The van der Waals surface area contributed by atoms with Crippen molar-refractivity contribution in [3.05, 3.63) is 16.3 Å². The van der Waals surface area contributed by atoms with Crippen molar-refractivity contribution < 1.29 is 8.42 Å². The molecule has 0 radical (unpaired) electrons. The second kappa shape index (κ2) is 5.17. The van der Waals surface area contributed by atoms with E-state index in [4.69, 9.17) is 4.78 Å². The van der Waals surface area contributed by atoms with E-state index in [1.165, 1.54) is 17.6 Å². The fourth-order valence-corrected chi connectivity index (χ4v) is 3.83. The maximum Gasteiger partial charge on any atom is 0.0973 e. The smallest absolute Gasteiger partial charge is 0.0973 e. The Hall–Kier alpha value is -0.240. The lowest BCUT2D eigenvalue weighted by Crippen LogP contribution is -2.32. The molecule has 0 bridgehead atoms. The molecule has 1 rings (SSSR count). The van der Waals surface area contributed by atoms with E-state index in [0.29, 0.717) is 11.4 Å². The third-order valence-corrected chi connectivity index (χ3v) is 5.75. The van der Waals surface area contributed by atoms with Gasteiger partial charge in [0.1, 0.15) is 0 Å². The van der Waals surface area contributed by atoms with E-state index in [1.807, 2.05) is 20.8 Å². The van der Waals surface area contributed by atoms with Crippen molar-refractivity contribution in [2.75, 3.05) is 6.26 Å². The minimum absolute atomic E-state index is 0.298. The van der Waals surface area contributed by atoms with Crippen LogP contribution in [0.15, 0.2) is 16.3 Å². The van der Waals surface area contributed by atoms with Gasteiger partial charge in [0, 0.05) is 23.1 Å². The summed E-state index contributed by atoms with van der Waals surface area (Å²) < 4.78 is 33.3. The minimum Gasteiger partial charge on any atom is -0.249 e. The second-order valence-corrected chi connectivity index (χ2v) is 10.00. The van der Waals surface area contributed by atoms with E-state index in [-0.39, 0.29) is 4.75 Å². The van der Waals surface area contributed by atoms with Crippen molar-refractivity contribution in [2.24, 2.45) is 0 Å². The predicted octanol–water partition coefficient (Wildman–Crippen LogP) is 2.34. The molecule has 0 aliphatic rings. The maximum atomic E-state index is 11.8. The molecule has 1 aromatic heterocycles. The first-order valence-electron chi connectivity index (χ1n) is 5.07. The molecule has 0 spiro atoms. The molecular formula is C10H18N2O2S3. The van der Waals surface area contributed by atoms with Gasteiger partial charge in [0.25, 0.3) is 0 Å². The minimum atomic E-state index is -2.64. The van der Waals surface area contributed by atoms with Crippen LogP contribution in [0.5, 0.6) is 0 Å². The Morgan fingerprint density at radius 1 is 1.53 bits per heavy atom. The maximum absolute atomic E-state index is 11.8.